The molecule has 0 unspecified atom stereocenters. The van der Waals surface area contributed by atoms with Crippen molar-refractivity contribution in [3.8, 4) is 0 Å². The Balaban J connectivity index is 1.89. The smallest absolute Gasteiger partial charge is 0.243 e. The lowest BCUT2D eigenvalue weighted by Crippen LogP contribution is -2.52. The first-order valence-electron chi connectivity index (χ1n) is 13.2. The molecular weight excluding hydrogens is 524 g/mol. The van der Waals surface area contributed by atoms with Gasteiger partial charge in [0.1, 0.15) is 6.04 Å². The molecule has 0 saturated carbocycles. The van der Waals surface area contributed by atoms with Crippen LogP contribution >= 0.6 is 15.9 Å². The van der Waals surface area contributed by atoms with Crippen LogP contribution in [0.4, 0.5) is 0 Å². The van der Waals surface area contributed by atoms with E-state index < -0.39 is 6.04 Å². The molecule has 0 saturated heterocycles. The molecular formula is C32H39BrN2O2. The average Bonchev–Trinajstić information content (AvgIpc) is 2.90. The normalized spacial score (nSPS) is 12.7. The van der Waals surface area contributed by atoms with E-state index in [-0.39, 0.29) is 17.9 Å². The van der Waals surface area contributed by atoms with Gasteiger partial charge in [0.15, 0.2) is 0 Å². The summed E-state index contributed by atoms with van der Waals surface area (Å²) in [7, 11) is 0. The Morgan fingerprint density at radius 2 is 1.54 bits per heavy atom. The molecule has 196 valence electrons. The Bertz CT molecular complexity index is 1140. The van der Waals surface area contributed by atoms with Crippen molar-refractivity contribution >= 4 is 27.7 Å². The maximum absolute atomic E-state index is 13.8. The molecule has 0 bridgehead atoms. The van der Waals surface area contributed by atoms with Crippen LogP contribution < -0.4 is 5.32 Å². The molecule has 2 amide bonds. The van der Waals surface area contributed by atoms with Gasteiger partial charge in [-0.25, -0.2) is 0 Å². The Morgan fingerprint density at radius 3 is 2.16 bits per heavy atom. The zero-order valence-corrected chi connectivity index (χ0v) is 24.0. The minimum atomic E-state index is -0.605. The van der Waals surface area contributed by atoms with E-state index in [0.717, 1.165) is 27.6 Å². The summed E-state index contributed by atoms with van der Waals surface area (Å²) in [6.07, 6.45) is 2.27. The second-order valence-electron chi connectivity index (χ2n) is 10.1. The van der Waals surface area contributed by atoms with Gasteiger partial charge in [-0.2, -0.15) is 0 Å². The van der Waals surface area contributed by atoms with Crippen LogP contribution in [0.15, 0.2) is 83.3 Å². The summed E-state index contributed by atoms with van der Waals surface area (Å²) in [5, 5.41) is 3.13. The van der Waals surface area contributed by atoms with E-state index in [9.17, 15) is 9.59 Å². The number of halogens is 1. The van der Waals surface area contributed by atoms with E-state index in [2.05, 4.69) is 59.4 Å². The van der Waals surface area contributed by atoms with E-state index >= 15 is 0 Å². The lowest BCUT2D eigenvalue weighted by Gasteiger charge is -2.32. The first-order chi connectivity index (χ1) is 17.8. The number of carbonyl (C=O) groups is 2. The van der Waals surface area contributed by atoms with Gasteiger partial charge in [-0.1, -0.05) is 103 Å². The highest BCUT2D eigenvalue weighted by molar-refractivity contribution is 9.10. The van der Waals surface area contributed by atoms with Gasteiger partial charge < -0.3 is 10.2 Å². The third-order valence-electron chi connectivity index (χ3n) is 6.79. The summed E-state index contributed by atoms with van der Waals surface area (Å²) in [5.41, 5.74) is 4.43. The third-order valence-corrected chi connectivity index (χ3v) is 7.28. The molecule has 0 aliphatic heterocycles. The SMILES string of the molecule is CC[C@H](C)NC(=O)[C@H](Cc1ccccc1)N(Cc1cccc(Br)c1)C(=O)CCc1ccc(C(C)C)cc1. The molecule has 0 spiro atoms. The fourth-order valence-electron chi connectivity index (χ4n) is 4.29. The molecule has 3 aromatic carbocycles. The van der Waals surface area contributed by atoms with Gasteiger partial charge in [0, 0.05) is 29.9 Å². The maximum Gasteiger partial charge on any atom is 0.243 e. The Kier molecular flexibility index (Phi) is 10.9. The molecule has 5 heteroatoms. The van der Waals surface area contributed by atoms with E-state index in [0.29, 0.717) is 31.7 Å². The summed E-state index contributed by atoms with van der Waals surface area (Å²) in [6.45, 7) is 8.77. The predicted molar refractivity (Wildman–Crippen MR) is 155 cm³/mol. The predicted octanol–water partition coefficient (Wildman–Crippen LogP) is 7.06. The van der Waals surface area contributed by atoms with Crippen LogP contribution in [0.1, 0.15) is 68.7 Å². The quantitative estimate of drug-likeness (QED) is 0.257. The molecule has 4 nitrogen and oxygen atoms in total. The van der Waals surface area contributed by atoms with Crippen molar-refractivity contribution in [1.82, 2.24) is 10.2 Å². The lowest BCUT2D eigenvalue weighted by molar-refractivity contribution is -0.141. The van der Waals surface area contributed by atoms with Crippen LogP contribution in [0, 0.1) is 0 Å². The summed E-state index contributed by atoms with van der Waals surface area (Å²) in [4.78, 5) is 29.2. The molecule has 0 aromatic heterocycles. The van der Waals surface area contributed by atoms with Crippen LogP contribution in [0.2, 0.25) is 0 Å². The fourth-order valence-corrected chi connectivity index (χ4v) is 4.74. The zero-order valence-electron chi connectivity index (χ0n) is 22.4. The van der Waals surface area contributed by atoms with Gasteiger partial charge >= 0.3 is 0 Å². The fraction of sp³-hybridized carbons (Fsp3) is 0.375. The minimum absolute atomic E-state index is 0.0202. The number of hydrogen-bond donors (Lipinski definition) is 1. The van der Waals surface area contributed by atoms with E-state index in [1.54, 1.807) is 4.90 Å². The van der Waals surface area contributed by atoms with E-state index in [1.165, 1.54) is 5.56 Å². The van der Waals surface area contributed by atoms with Gasteiger partial charge in [-0.15, -0.1) is 0 Å². The highest BCUT2D eigenvalue weighted by atomic mass is 79.9. The molecule has 2 atom stereocenters. The topological polar surface area (TPSA) is 49.4 Å². The molecule has 3 rings (SSSR count). The monoisotopic (exact) mass is 562 g/mol. The largest absolute Gasteiger partial charge is 0.352 e. The van der Waals surface area contributed by atoms with Crippen molar-refractivity contribution < 1.29 is 9.59 Å². The third kappa shape index (κ3) is 8.85. The number of carbonyl (C=O) groups excluding carboxylic acids is 2. The molecule has 0 heterocycles. The maximum atomic E-state index is 13.8. The summed E-state index contributed by atoms with van der Waals surface area (Å²) in [5.74, 6) is 0.343. The average molecular weight is 564 g/mol. The summed E-state index contributed by atoms with van der Waals surface area (Å²) >= 11 is 3.55. The molecule has 0 fully saturated rings. The zero-order chi connectivity index (χ0) is 26.8. The van der Waals surface area contributed by atoms with Gasteiger partial charge in [-0.3, -0.25) is 9.59 Å². The van der Waals surface area contributed by atoms with Crippen molar-refractivity contribution in [1.29, 1.82) is 0 Å². The van der Waals surface area contributed by atoms with E-state index in [4.69, 9.17) is 0 Å². The number of hydrogen-bond acceptors (Lipinski definition) is 2. The van der Waals surface area contributed by atoms with Gasteiger partial charge in [0.25, 0.3) is 0 Å². The standard InChI is InChI=1S/C32H39BrN2O2/c1-5-24(4)34-32(37)30(21-26-10-7-6-8-11-26)35(22-27-12-9-13-29(33)20-27)31(36)19-16-25-14-17-28(18-15-25)23(2)3/h6-15,17-18,20,23-24,30H,5,16,19,21-22H2,1-4H3,(H,34,37)/t24-,30-/m0/s1. The Labute approximate surface area is 230 Å². The highest BCUT2D eigenvalue weighted by Crippen LogP contribution is 2.20. The van der Waals surface area contributed by atoms with Crippen LogP contribution in [0.25, 0.3) is 0 Å². The molecule has 0 radical (unpaired) electrons. The molecule has 37 heavy (non-hydrogen) atoms. The summed E-state index contributed by atoms with van der Waals surface area (Å²) < 4.78 is 0.950. The number of aryl methyl sites for hydroxylation is 1. The van der Waals surface area contributed by atoms with Crippen LogP contribution in [-0.4, -0.2) is 28.8 Å². The number of nitrogens with zero attached hydrogens (tertiary/aromatic N) is 1. The lowest BCUT2D eigenvalue weighted by atomic mass is 9.99. The first-order valence-corrected chi connectivity index (χ1v) is 14.0. The molecule has 3 aromatic rings. The second kappa shape index (κ2) is 14.1. The van der Waals surface area contributed by atoms with Crippen molar-refractivity contribution in [2.45, 2.75) is 77.9 Å². The Hall–Kier alpha value is -2.92. The molecule has 1 N–H and O–H groups in total. The van der Waals surface area contributed by atoms with Crippen molar-refractivity contribution in [2.24, 2.45) is 0 Å². The van der Waals surface area contributed by atoms with Crippen molar-refractivity contribution in [3.05, 3.63) is 106 Å². The minimum Gasteiger partial charge on any atom is -0.352 e. The van der Waals surface area contributed by atoms with Crippen molar-refractivity contribution in [2.75, 3.05) is 0 Å². The summed E-state index contributed by atoms with van der Waals surface area (Å²) in [6, 6.07) is 25.8. The van der Waals surface area contributed by atoms with Crippen LogP contribution in [-0.2, 0) is 29.0 Å². The van der Waals surface area contributed by atoms with Gasteiger partial charge in [0.05, 0.1) is 0 Å². The van der Waals surface area contributed by atoms with Gasteiger partial charge in [-0.05, 0) is 60.1 Å². The molecule has 0 aliphatic rings. The number of amides is 2. The first kappa shape index (κ1) is 28.6. The highest BCUT2D eigenvalue weighted by Gasteiger charge is 2.30. The second-order valence-corrected chi connectivity index (χ2v) is 11.0. The van der Waals surface area contributed by atoms with Crippen LogP contribution in [0.3, 0.4) is 0 Å². The number of nitrogens with one attached hydrogen (secondary N) is 1. The number of benzene rings is 3. The van der Waals surface area contributed by atoms with Gasteiger partial charge in [0.2, 0.25) is 11.8 Å². The Morgan fingerprint density at radius 1 is 0.865 bits per heavy atom. The van der Waals surface area contributed by atoms with Crippen LogP contribution in [0.5, 0.6) is 0 Å². The molecule has 0 aliphatic carbocycles. The number of rotatable bonds is 12. The van der Waals surface area contributed by atoms with Crippen molar-refractivity contribution in [3.63, 3.8) is 0 Å². The van der Waals surface area contributed by atoms with E-state index in [1.807, 2.05) is 68.4 Å².